The van der Waals surface area contributed by atoms with Crippen LogP contribution in [0.15, 0.2) is 12.2 Å². The van der Waals surface area contributed by atoms with Crippen LogP contribution >= 0.6 is 0 Å². The van der Waals surface area contributed by atoms with Crippen LogP contribution < -0.4 is 0 Å². The van der Waals surface area contributed by atoms with E-state index in [0.717, 1.165) is 12.2 Å². The van der Waals surface area contributed by atoms with Crippen molar-refractivity contribution in [1.29, 1.82) is 0 Å². The van der Waals surface area contributed by atoms with Crippen LogP contribution in [0.4, 0.5) is 0 Å². The molecule has 2 aliphatic rings. The predicted molar refractivity (Wildman–Crippen MR) is 53.9 cm³/mol. The highest BCUT2D eigenvalue weighted by atomic mass is 16.7. The van der Waals surface area contributed by atoms with Gasteiger partial charge in [0.1, 0.15) is 0 Å². The fourth-order valence-corrected chi connectivity index (χ4v) is 1.67. The van der Waals surface area contributed by atoms with Gasteiger partial charge in [-0.2, -0.15) is 5.06 Å². The third-order valence-electron chi connectivity index (χ3n) is 2.55. The van der Waals surface area contributed by atoms with E-state index < -0.39 is 29.5 Å². The molecule has 0 N–H and O–H groups in total. The maximum absolute atomic E-state index is 11.6. The average Bonchev–Trinajstić information content (AvgIpc) is 2.78. The third kappa shape index (κ3) is 2.03. The third-order valence-corrected chi connectivity index (χ3v) is 2.55. The Morgan fingerprint density at radius 1 is 1.17 bits per heavy atom. The van der Waals surface area contributed by atoms with Crippen molar-refractivity contribution in [3.05, 3.63) is 12.2 Å². The van der Waals surface area contributed by atoms with E-state index in [9.17, 15) is 19.2 Å². The summed E-state index contributed by atoms with van der Waals surface area (Å²) in [6, 6.07) is 0. The van der Waals surface area contributed by atoms with E-state index >= 15 is 0 Å². The maximum atomic E-state index is 11.6. The van der Waals surface area contributed by atoms with Gasteiger partial charge in [0.05, 0.1) is 19.6 Å². The molecule has 0 saturated carbocycles. The van der Waals surface area contributed by atoms with E-state index in [1.165, 1.54) is 7.11 Å². The quantitative estimate of drug-likeness (QED) is 0.584. The molecule has 96 valence electrons. The molecule has 1 unspecified atom stereocenters. The molecule has 0 spiro atoms. The average molecular weight is 254 g/mol. The molecule has 0 radical (unpaired) electrons. The van der Waals surface area contributed by atoms with Gasteiger partial charge in [-0.15, -0.1) is 5.06 Å². The molecule has 2 heterocycles. The molecule has 0 bridgehead atoms. The van der Waals surface area contributed by atoms with E-state index in [4.69, 9.17) is 4.84 Å². The fourth-order valence-electron chi connectivity index (χ4n) is 1.67. The second-order valence-corrected chi connectivity index (χ2v) is 3.71. The zero-order chi connectivity index (χ0) is 13.3. The van der Waals surface area contributed by atoms with Crippen molar-refractivity contribution in [2.45, 2.75) is 6.42 Å². The fraction of sp³-hybridized carbons (Fsp3) is 0.400. The molecule has 2 rings (SSSR count). The zero-order valence-corrected chi connectivity index (χ0v) is 9.49. The van der Waals surface area contributed by atoms with Gasteiger partial charge >= 0.3 is 0 Å². The highest BCUT2D eigenvalue weighted by Gasteiger charge is 2.40. The summed E-state index contributed by atoms with van der Waals surface area (Å²) in [4.78, 5) is 54.8. The Morgan fingerprint density at radius 2 is 1.78 bits per heavy atom. The van der Waals surface area contributed by atoms with Crippen LogP contribution in [-0.4, -0.2) is 47.5 Å². The van der Waals surface area contributed by atoms with Gasteiger partial charge in [0.2, 0.25) is 0 Å². The molecular formula is C10H10N2O6. The first-order chi connectivity index (χ1) is 8.54. The van der Waals surface area contributed by atoms with Crippen molar-refractivity contribution < 1.29 is 28.9 Å². The summed E-state index contributed by atoms with van der Waals surface area (Å²) < 4.78 is 0. The van der Waals surface area contributed by atoms with E-state index in [1.54, 1.807) is 0 Å². The number of hydrogen-bond acceptors (Lipinski definition) is 6. The van der Waals surface area contributed by atoms with Gasteiger partial charge in [0.25, 0.3) is 23.6 Å². The highest BCUT2D eigenvalue weighted by Crippen LogP contribution is 2.20. The van der Waals surface area contributed by atoms with Crippen molar-refractivity contribution in [3.63, 3.8) is 0 Å². The van der Waals surface area contributed by atoms with Crippen molar-refractivity contribution >= 4 is 23.6 Å². The molecule has 1 atom stereocenters. The number of hydroxylamine groups is 4. The van der Waals surface area contributed by atoms with Crippen LogP contribution in [0.1, 0.15) is 6.42 Å². The molecular weight excluding hydrogens is 244 g/mol. The zero-order valence-electron chi connectivity index (χ0n) is 9.49. The lowest BCUT2D eigenvalue weighted by atomic mass is 10.1. The minimum absolute atomic E-state index is 0.0731. The maximum Gasteiger partial charge on any atom is 0.277 e. The molecule has 1 fully saturated rings. The molecule has 1 saturated heterocycles. The van der Waals surface area contributed by atoms with Gasteiger partial charge in [-0.3, -0.25) is 28.9 Å². The normalized spacial score (nSPS) is 23.7. The minimum atomic E-state index is -0.751. The smallest absolute Gasteiger partial charge is 0.272 e. The summed E-state index contributed by atoms with van der Waals surface area (Å²) in [5, 5.41) is 1.19. The number of rotatable bonds is 4. The van der Waals surface area contributed by atoms with Gasteiger partial charge in [-0.05, 0) is 0 Å². The van der Waals surface area contributed by atoms with Gasteiger partial charge in [-0.25, -0.2) is 0 Å². The van der Waals surface area contributed by atoms with Crippen LogP contribution in [0.5, 0.6) is 0 Å². The van der Waals surface area contributed by atoms with Crippen molar-refractivity contribution in [2.24, 2.45) is 5.92 Å². The SMILES string of the molecule is CON1C(=O)CC(CON2C(=O)C=CC2=O)C1=O. The first-order valence-electron chi connectivity index (χ1n) is 5.14. The molecule has 8 heteroatoms. The molecule has 0 aliphatic carbocycles. The Bertz CT molecular complexity index is 439. The lowest BCUT2D eigenvalue weighted by Gasteiger charge is -2.15. The second-order valence-electron chi connectivity index (χ2n) is 3.71. The topological polar surface area (TPSA) is 93.2 Å². The summed E-state index contributed by atoms with van der Waals surface area (Å²) in [6.07, 6.45) is 2.05. The first kappa shape index (κ1) is 12.4. The van der Waals surface area contributed by atoms with E-state index in [1.807, 2.05) is 0 Å². The molecule has 8 nitrogen and oxygen atoms in total. The van der Waals surface area contributed by atoms with Crippen LogP contribution in [0, 0.1) is 5.92 Å². The van der Waals surface area contributed by atoms with Gasteiger partial charge in [0.15, 0.2) is 0 Å². The molecule has 0 aromatic carbocycles. The molecule has 0 aromatic rings. The largest absolute Gasteiger partial charge is 0.277 e. The summed E-state index contributed by atoms with van der Waals surface area (Å²) in [6.45, 7) is -0.233. The number of carbonyl (C=O) groups excluding carboxylic acids is 4. The lowest BCUT2D eigenvalue weighted by molar-refractivity contribution is -0.193. The summed E-state index contributed by atoms with van der Waals surface area (Å²) >= 11 is 0. The summed E-state index contributed by atoms with van der Waals surface area (Å²) in [7, 11) is 1.20. The predicted octanol–water partition coefficient (Wildman–Crippen LogP) is -1.22. The van der Waals surface area contributed by atoms with Crippen LogP contribution in [-0.2, 0) is 28.9 Å². The number of carbonyl (C=O) groups is 4. The van der Waals surface area contributed by atoms with E-state index in [-0.39, 0.29) is 13.0 Å². The number of amides is 4. The van der Waals surface area contributed by atoms with E-state index in [2.05, 4.69) is 4.84 Å². The van der Waals surface area contributed by atoms with Crippen molar-refractivity contribution in [2.75, 3.05) is 13.7 Å². The van der Waals surface area contributed by atoms with Crippen molar-refractivity contribution in [3.8, 4) is 0 Å². The number of nitrogens with zero attached hydrogens (tertiary/aromatic N) is 2. The van der Waals surface area contributed by atoms with E-state index in [0.29, 0.717) is 10.1 Å². The Morgan fingerprint density at radius 3 is 2.28 bits per heavy atom. The summed E-state index contributed by atoms with van der Waals surface area (Å²) in [5.41, 5.74) is 0. The Kier molecular flexibility index (Phi) is 3.21. The lowest BCUT2D eigenvalue weighted by Crippen LogP contribution is -2.34. The Hall–Kier alpha value is -2.06. The molecule has 2 aliphatic heterocycles. The standard InChI is InChI=1S/C10H10N2O6/c1-17-12-9(15)4-6(10(12)16)5-18-11-7(13)2-3-8(11)14/h2-3,6H,4-5H2,1H3. The van der Waals surface area contributed by atoms with Crippen LogP contribution in [0.25, 0.3) is 0 Å². The molecule has 18 heavy (non-hydrogen) atoms. The van der Waals surface area contributed by atoms with Gasteiger partial charge in [-0.1, -0.05) is 0 Å². The highest BCUT2D eigenvalue weighted by molar-refractivity contribution is 6.11. The number of imide groups is 2. The first-order valence-corrected chi connectivity index (χ1v) is 5.14. The monoisotopic (exact) mass is 254 g/mol. The van der Waals surface area contributed by atoms with Crippen molar-refractivity contribution in [1.82, 2.24) is 10.1 Å². The van der Waals surface area contributed by atoms with Gasteiger partial charge in [0, 0.05) is 18.6 Å². The number of hydrogen-bond donors (Lipinski definition) is 0. The molecule has 4 amide bonds. The van der Waals surface area contributed by atoms with Crippen LogP contribution in [0.2, 0.25) is 0 Å². The van der Waals surface area contributed by atoms with Gasteiger partial charge < -0.3 is 0 Å². The minimum Gasteiger partial charge on any atom is -0.272 e. The molecule has 0 aromatic heterocycles. The van der Waals surface area contributed by atoms with Crippen LogP contribution in [0.3, 0.4) is 0 Å². The summed E-state index contributed by atoms with van der Waals surface area (Å²) in [5.74, 6) is -3.00. The Labute approximate surface area is 102 Å². The Balaban J connectivity index is 1.92. The second kappa shape index (κ2) is 4.67.